The first kappa shape index (κ1) is 15.1. The van der Waals surface area contributed by atoms with E-state index in [4.69, 9.17) is 5.11 Å². The topological polar surface area (TPSA) is 78.4 Å². The summed E-state index contributed by atoms with van der Waals surface area (Å²) in [6.07, 6.45) is 10.4. The molecule has 0 aromatic heterocycles. The number of rotatable bonds is 4. The summed E-state index contributed by atoms with van der Waals surface area (Å²) in [7, 11) is 0. The number of carbonyl (C=O) groups is 2. The van der Waals surface area contributed by atoms with Crippen LogP contribution in [0.15, 0.2) is 0 Å². The molecule has 5 nitrogen and oxygen atoms in total. The second-order valence-electron chi connectivity index (χ2n) is 6.34. The van der Waals surface area contributed by atoms with Gasteiger partial charge in [-0.05, 0) is 25.7 Å². The molecule has 2 amide bonds. The average molecular weight is 282 g/mol. The van der Waals surface area contributed by atoms with Crippen LogP contribution in [0.4, 0.5) is 4.79 Å². The molecule has 0 bridgehead atoms. The summed E-state index contributed by atoms with van der Waals surface area (Å²) in [4.78, 5) is 23.2. The van der Waals surface area contributed by atoms with Crippen LogP contribution in [-0.4, -0.2) is 28.7 Å². The summed E-state index contributed by atoms with van der Waals surface area (Å²) >= 11 is 0. The van der Waals surface area contributed by atoms with Crippen LogP contribution < -0.4 is 10.6 Å². The first-order valence-electron chi connectivity index (χ1n) is 7.90. The van der Waals surface area contributed by atoms with Crippen molar-refractivity contribution < 1.29 is 14.7 Å². The molecule has 0 unspecified atom stereocenters. The maximum atomic E-state index is 12.2. The van der Waals surface area contributed by atoms with Crippen molar-refractivity contribution in [2.75, 3.05) is 0 Å². The van der Waals surface area contributed by atoms with Gasteiger partial charge in [-0.25, -0.2) is 4.79 Å². The van der Waals surface area contributed by atoms with Crippen molar-refractivity contribution in [1.82, 2.24) is 10.6 Å². The normalized spacial score (nSPS) is 23.0. The van der Waals surface area contributed by atoms with Gasteiger partial charge in [0.2, 0.25) is 0 Å². The summed E-state index contributed by atoms with van der Waals surface area (Å²) in [5.41, 5.74) is -0.539. The van der Waals surface area contributed by atoms with Crippen LogP contribution in [0.3, 0.4) is 0 Å². The van der Waals surface area contributed by atoms with Gasteiger partial charge in [0.05, 0.1) is 12.0 Å². The molecular weight excluding hydrogens is 256 g/mol. The maximum Gasteiger partial charge on any atom is 0.315 e. The molecular formula is C15H26N2O3. The molecule has 0 saturated heterocycles. The summed E-state index contributed by atoms with van der Waals surface area (Å²) in [6.45, 7) is 0. The number of amides is 2. The highest BCUT2D eigenvalue weighted by atomic mass is 16.4. The Morgan fingerprint density at radius 3 is 2.20 bits per heavy atom. The molecule has 2 fully saturated rings. The van der Waals surface area contributed by atoms with Gasteiger partial charge >= 0.3 is 12.0 Å². The zero-order chi connectivity index (χ0) is 14.4. The van der Waals surface area contributed by atoms with Crippen molar-refractivity contribution >= 4 is 12.0 Å². The van der Waals surface area contributed by atoms with Crippen molar-refractivity contribution in [2.24, 2.45) is 0 Å². The first-order valence-corrected chi connectivity index (χ1v) is 7.90. The van der Waals surface area contributed by atoms with Crippen molar-refractivity contribution in [2.45, 2.75) is 82.2 Å². The molecule has 0 aliphatic heterocycles. The largest absolute Gasteiger partial charge is 0.481 e. The monoisotopic (exact) mass is 282 g/mol. The standard InChI is InChI=1S/C15H26N2O3/c18-13(19)11-15(9-5-2-6-10-15)17-14(20)16-12-7-3-1-4-8-12/h12H,1-11H2,(H,18,19)(H2,16,17,20). The van der Waals surface area contributed by atoms with Gasteiger partial charge in [0.15, 0.2) is 0 Å². The molecule has 114 valence electrons. The molecule has 0 atom stereocenters. The fourth-order valence-electron chi connectivity index (χ4n) is 3.57. The van der Waals surface area contributed by atoms with Crippen molar-refractivity contribution in [3.05, 3.63) is 0 Å². The van der Waals surface area contributed by atoms with Gasteiger partial charge in [0, 0.05) is 6.04 Å². The highest BCUT2D eigenvalue weighted by Gasteiger charge is 2.36. The summed E-state index contributed by atoms with van der Waals surface area (Å²) in [5, 5.41) is 15.1. The zero-order valence-corrected chi connectivity index (χ0v) is 12.1. The summed E-state index contributed by atoms with van der Waals surface area (Å²) < 4.78 is 0. The molecule has 2 rings (SSSR count). The quantitative estimate of drug-likeness (QED) is 0.742. The number of aliphatic carboxylic acids is 1. The van der Waals surface area contributed by atoms with Gasteiger partial charge < -0.3 is 15.7 Å². The third-order valence-electron chi connectivity index (χ3n) is 4.62. The first-order chi connectivity index (χ1) is 9.60. The third kappa shape index (κ3) is 4.39. The van der Waals surface area contributed by atoms with E-state index in [0.717, 1.165) is 44.9 Å². The Labute approximate surface area is 120 Å². The lowest BCUT2D eigenvalue weighted by atomic mass is 9.79. The Balaban J connectivity index is 1.89. The van der Waals surface area contributed by atoms with Crippen molar-refractivity contribution in [1.29, 1.82) is 0 Å². The molecule has 5 heteroatoms. The van der Waals surface area contributed by atoms with E-state index < -0.39 is 11.5 Å². The van der Waals surface area contributed by atoms with Gasteiger partial charge in [-0.3, -0.25) is 4.79 Å². The number of hydrogen-bond acceptors (Lipinski definition) is 2. The molecule has 20 heavy (non-hydrogen) atoms. The number of carbonyl (C=O) groups excluding carboxylic acids is 1. The lowest BCUT2D eigenvalue weighted by Crippen LogP contribution is -2.55. The maximum absolute atomic E-state index is 12.2. The van der Waals surface area contributed by atoms with E-state index in [1.807, 2.05) is 0 Å². The SMILES string of the molecule is O=C(O)CC1(NC(=O)NC2CCCCC2)CCCCC1. The number of carboxylic acids is 1. The molecule has 0 aromatic rings. The number of hydrogen-bond donors (Lipinski definition) is 3. The molecule has 0 aromatic carbocycles. The van der Waals surface area contributed by atoms with E-state index in [-0.39, 0.29) is 18.5 Å². The van der Waals surface area contributed by atoms with Crippen LogP contribution in [-0.2, 0) is 4.79 Å². The van der Waals surface area contributed by atoms with E-state index in [1.54, 1.807) is 0 Å². The van der Waals surface area contributed by atoms with E-state index >= 15 is 0 Å². The molecule has 0 spiro atoms. The molecule has 2 aliphatic carbocycles. The highest BCUT2D eigenvalue weighted by molar-refractivity contribution is 5.77. The zero-order valence-electron chi connectivity index (χ0n) is 12.1. The predicted octanol–water partition coefficient (Wildman–Crippen LogP) is 2.80. The molecule has 2 saturated carbocycles. The number of carboxylic acid groups (broad SMARTS) is 1. The van der Waals surface area contributed by atoms with Crippen molar-refractivity contribution in [3.63, 3.8) is 0 Å². The third-order valence-corrected chi connectivity index (χ3v) is 4.62. The van der Waals surface area contributed by atoms with E-state index in [9.17, 15) is 9.59 Å². The Morgan fingerprint density at radius 1 is 1.00 bits per heavy atom. The Hall–Kier alpha value is -1.26. The van der Waals surface area contributed by atoms with Crippen LogP contribution in [0.2, 0.25) is 0 Å². The molecule has 0 radical (unpaired) electrons. The van der Waals surface area contributed by atoms with Crippen LogP contribution in [0.5, 0.6) is 0 Å². The minimum Gasteiger partial charge on any atom is -0.481 e. The average Bonchev–Trinajstić information content (AvgIpc) is 2.39. The minimum atomic E-state index is -0.829. The second kappa shape index (κ2) is 6.95. The fraction of sp³-hybridized carbons (Fsp3) is 0.867. The summed E-state index contributed by atoms with van der Waals surface area (Å²) in [6, 6.07) is 0.0780. The minimum absolute atomic E-state index is 0.0328. The highest BCUT2D eigenvalue weighted by Crippen LogP contribution is 2.31. The van der Waals surface area contributed by atoms with E-state index in [2.05, 4.69) is 10.6 Å². The van der Waals surface area contributed by atoms with Gasteiger partial charge in [0.25, 0.3) is 0 Å². The van der Waals surface area contributed by atoms with Crippen molar-refractivity contribution in [3.8, 4) is 0 Å². The van der Waals surface area contributed by atoms with Gasteiger partial charge in [-0.2, -0.15) is 0 Å². The number of urea groups is 1. The Morgan fingerprint density at radius 2 is 1.60 bits per heavy atom. The second-order valence-corrected chi connectivity index (χ2v) is 6.34. The van der Waals surface area contributed by atoms with Crippen LogP contribution in [0.1, 0.15) is 70.6 Å². The van der Waals surface area contributed by atoms with Gasteiger partial charge in [-0.1, -0.05) is 38.5 Å². The fourth-order valence-corrected chi connectivity index (χ4v) is 3.57. The molecule has 0 heterocycles. The Kier molecular flexibility index (Phi) is 5.26. The van der Waals surface area contributed by atoms with E-state index in [0.29, 0.717) is 0 Å². The van der Waals surface area contributed by atoms with Gasteiger partial charge in [0.1, 0.15) is 0 Å². The number of nitrogens with one attached hydrogen (secondary N) is 2. The molecule has 2 aliphatic rings. The van der Waals surface area contributed by atoms with Crippen LogP contribution >= 0.6 is 0 Å². The lowest BCUT2D eigenvalue weighted by Gasteiger charge is -2.37. The molecule has 3 N–H and O–H groups in total. The smallest absolute Gasteiger partial charge is 0.315 e. The van der Waals surface area contributed by atoms with Crippen LogP contribution in [0, 0.1) is 0 Å². The predicted molar refractivity (Wildman–Crippen MR) is 76.6 cm³/mol. The van der Waals surface area contributed by atoms with Gasteiger partial charge in [-0.15, -0.1) is 0 Å². The van der Waals surface area contributed by atoms with Crippen LogP contribution in [0.25, 0.3) is 0 Å². The Bertz CT molecular complexity index is 345. The summed E-state index contributed by atoms with van der Waals surface area (Å²) in [5.74, 6) is -0.829. The lowest BCUT2D eigenvalue weighted by molar-refractivity contribution is -0.139. The van der Waals surface area contributed by atoms with E-state index in [1.165, 1.54) is 19.3 Å².